The van der Waals surface area contributed by atoms with Crippen LogP contribution in [0.5, 0.6) is 0 Å². The third-order valence-electron chi connectivity index (χ3n) is 3.22. The third kappa shape index (κ3) is 3.73. The van der Waals surface area contributed by atoms with Gasteiger partial charge in [-0.1, -0.05) is 12.1 Å². The molecule has 1 aromatic heterocycles. The van der Waals surface area contributed by atoms with Crippen LogP contribution in [0.4, 0.5) is 5.69 Å². The van der Waals surface area contributed by atoms with Gasteiger partial charge in [-0.25, -0.2) is 4.68 Å². The Morgan fingerprint density at radius 2 is 2.18 bits per heavy atom. The molecule has 1 heterocycles. The molecule has 0 atom stereocenters. The van der Waals surface area contributed by atoms with Crippen LogP contribution in [0.1, 0.15) is 15.9 Å². The van der Waals surface area contributed by atoms with Crippen molar-refractivity contribution in [2.24, 2.45) is 7.05 Å². The topological polar surface area (TPSA) is 76.0 Å². The van der Waals surface area contributed by atoms with Gasteiger partial charge in [0, 0.05) is 26.2 Å². The molecule has 6 nitrogen and oxygen atoms in total. The van der Waals surface area contributed by atoms with Crippen molar-refractivity contribution in [3.8, 4) is 0 Å². The van der Waals surface area contributed by atoms with Crippen molar-refractivity contribution in [2.75, 3.05) is 18.9 Å². The summed E-state index contributed by atoms with van der Waals surface area (Å²) < 4.78 is 1.73. The number of rotatable bonds is 5. The van der Waals surface area contributed by atoms with E-state index in [1.54, 1.807) is 26.4 Å². The number of aromatic nitrogens is 2. The second kappa shape index (κ2) is 7.22. The summed E-state index contributed by atoms with van der Waals surface area (Å²) in [6.07, 6.45) is 2.33. The van der Waals surface area contributed by atoms with Gasteiger partial charge in [0.1, 0.15) is 4.47 Å². The predicted molar refractivity (Wildman–Crippen MR) is 89.2 cm³/mol. The van der Waals surface area contributed by atoms with Gasteiger partial charge in [-0.05, 0) is 40.0 Å². The van der Waals surface area contributed by atoms with Gasteiger partial charge in [0.15, 0.2) is 0 Å². The zero-order valence-corrected chi connectivity index (χ0v) is 14.0. The van der Waals surface area contributed by atoms with Gasteiger partial charge in [-0.3, -0.25) is 9.59 Å². The van der Waals surface area contributed by atoms with E-state index < -0.39 is 0 Å². The van der Waals surface area contributed by atoms with Gasteiger partial charge in [0.05, 0.1) is 11.9 Å². The lowest BCUT2D eigenvalue weighted by Crippen LogP contribution is -2.21. The fraction of sp³-hybridized carbons (Fsp3) is 0.267. The molecule has 1 aromatic carbocycles. The van der Waals surface area contributed by atoms with E-state index in [1.807, 2.05) is 18.2 Å². The van der Waals surface area contributed by atoms with Crippen molar-refractivity contribution in [1.29, 1.82) is 0 Å². The number of hydrogen-bond donors (Lipinski definition) is 2. The number of hydrogen-bond acceptors (Lipinski definition) is 4. The second-order valence-corrected chi connectivity index (χ2v) is 5.55. The monoisotopic (exact) mass is 364 g/mol. The van der Waals surface area contributed by atoms with Crippen LogP contribution in [0.2, 0.25) is 0 Å². The first kappa shape index (κ1) is 16.2. The maximum absolute atomic E-state index is 11.7. The number of benzene rings is 1. The lowest BCUT2D eigenvalue weighted by Gasteiger charge is -2.09. The van der Waals surface area contributed by atoms with Gasteiger partial charge < -0.3 is 10.6 Å². The molecule has 0 bridgehead atoms. The molecule has 0 radical (unpaired) electrons. The molecular formula is C15H17BrN4O2. The van der Waals surface area contributed by atoms with Crippen LogP contribution in [-0.2, 0) is 13.5 Å². The highest BCUT2D eigenvalue weighted by Gasteiger charge is 2.07. The van der Waals surface area contributed by atoms with Crippen LogP contribution in [0.25, 0.3) is 0 Å². The Morgan fingerprint density at radius 3 is 2.91 bits per heavy atom. The Hall–Kier alpha value is -2.15. The first-order chi connectivity index (χ1) is 10.5. The maximum Gasteiger partial charge on any atom is 0.282 e. The van der Waals surface area contributed by atoms with Crippen molar-refractivity contribution < 1.29 is 4.79 Å². The standard InChI is InChI=1S/C15H17BrN4O2/c1-17-14(21)11-5-3-4-10(8-11)6-7-18-12-9-19-20(2)15(22)13(12)16/h3-5,8-9,18H,6-7H2,1-2H3,(H,17,21). The van der Waals surface area contributed by atoms with E-state index in [-0.39, 0.29) is 11.5 Å². The number of amides is 1. The highest BCUT2D eigenvalue weighted by atomic mass is 79.9. The minimum absolute atomic E-state index is 0.103. The zero-order chi connectivity index (χ0) is 16.1. The van der Waals surface area contributed by atoms with Crippen LogP contribution >= 0.6 is 15.9 Å². The molecule has 0 saturated carbocycles. The van der Waals surface area contributed by atoms with E-state index in [2.05, 4.69) is 31.7 Å². The summed E-state index contributed by atoms with van der Waals surface area (Å²) in [6, 6.07) is 7.45. The molecule has 2 aromatic rings. The Labute approximate surface area is 136 Å². The zero-order valence-electron chi connectivity index (χ0n) is 12.4. The van der Waals surface area contributed by atoms with Crippen LogP contribution in [0.15, 0.2) is 39.7 Å². The molecule has 2 rings (SSSR count). The van der Waals surface area contributed by atoms with Gasteiger partial charge in [0.2, 0.25) is 0 Å². The smallest absolute Gasteiger partial charge is 0.282 e. The predicted octanol–water partition coefficient (Wildman–Crippen LogP) is 1.56. The number of nitrogens with one attached hydrogen (secondary N) is 2. The Balaban J connectivity index is 2.01. The summed E-state index contributed by atoms with van der Waals surface area (Å²) in [7, 11) is 3.21. The molecule has 0 fully saturated rings. The number of anilines is 1. The van der Waals surface area contributed by atoms with E-state index in [4.69, 9.17) is 0 Å². The van der Waals surface area contributed by atoms with Crippen molar-refractivity contribution in [3.05, 3.63) is 56.4 Å². The fourth-order valence-electron chi connectivity index (χ4n) is 1.99. The largest absolute Gasteiger partial charge is 0.382 e. The second-order valence-electron chi connectivity index (χ2n) is 4.76. The summed E-state index contributed by atoms with van der Waals surface area (Å²) in [5.74, 6) is -0.103. The third-order valence-corrected chi connectivity index (χ3v) is 3.99. The maximum atomic E-state index is 11.7. The quantitative estimate of drug-likeness (QED) is 0.843. The summed E-state index contributed by atoms with van der Waals surface area (Å²) in [5, 5.41) is 9.74. The summed E-state index contributed by atoms with van der Waals surface area (Å²) in [6.45, 7) is 0.630. The minimum Gasteiger partial charge on any atom is -0.382 e. The number of carbonyl (C=O) groups is 1. The van der Waals surface area contributed by atoms with Crippen molar-refractivity contribution in [3.63, 3.8) is 0 Å². The lowest BCUT2D eigenvalue weighted by atomic mass is 10.1. The average Bonchev–Trinajstić information content (AvgIpc) is 2.54. The molecular weight excluding hydrogens is 348 g/mol. The lowest BCUT2D eigenvalue weighted by molar-refractivity contribution is 0.0963. The Kier molecular flexibility index (Phi) is 5.32. The van der Waals surface area contributed by atoms with Gasteiger partial charge in [-0.2, -0.15) is 5.10 Å². The first-order valence-electron chi connectivity index (χ1n) is 6.79. The number of nitrogens with zero attached hydrogens (tertiary/aromatic N) is 2. The van der Waals surface area contributed by atoms with Crippen molar-refractivity contribution in [2.45, 2.75) is 6.42 Å². The molecule has 0 aliphatic carbocycles. The highest BCUT2D eigenvalue weighted by molar-refractivity contribution is 9.10. The SMILES string of the molecule is CNC(=O)c1cccc(CCNc2cnn(C)c(=O)c2Br)c1. The number of aryl methyl sites for hydroxylation is 1. The summed E-state index contributed by atoms with van der Waals surface area (Å²) in [5.41, 5.74) is 2.15. The minimum atomic E-state index is -0.188. The molecule has 0 spiro atoms. The summed E-state index contributed by atoms with van der Waals surface area (Å²) in [4.78, 5) is 23.3. The van der Waals surface area contributed by atoms with Crippen molar-refractivity contribution in [1.82, 2.24) is 15.1 Å². The van der Waals surface area contributed by atoms with E-state index >= 15 is 0 Å². The molecule has 22 heavy (non-hydrogen) atoms. The Morgan fingerprint density at radius 1 is 1.41 bits per heavy atom. The van der Waals surface area contributed by atoms with Gasteiger partial charge in [-0.15, -0.1) is 0 Å². The highest BCUT2D eigenvalue weighted by Crippen LogP contribution is 2.16. The van der Waals surface area contributed by atoms with Gasteiger partial charge >= 0.3 is 0 Å². The number of halogens is 1. The Bertz CT molecular complexity index is 743. The normalized spacial score (nSPS) is 10.3. The van der Waals surface area contributed by atoms with E-state index in [0.29, 0.717) is 22.3 Å². The van der Waals surface area contributed by atoms with Gasteiger partial charge in [0.25, 0.3) is 11.5 Å². The average molecular weight is 365 g/mol. The van der Waals surface area contributed by atoms with Crippen molar-refractivity contribution >= 4 is 27.5 Å². The molecule has 116 valence electrons. The van der Waals surface area contributed by atoms with Crippen LogP contribution in [0, 0.1) is 0 Å². The molecule has 1 amide bonds. The van der Waals surface area contributed by atoms with Crippen LogP contribution in [0.3, 0.4) is 0 Å². The molecule has 7 heteroatoms. The first-order valence-corrected chi connectivity index (χ1v) is 7.59. The molecule has 0 unspecified atom stereocenters. The summed E-state index contributed by atoms with van der Waals surface area (Å²) >= 11 is 3.27. The molecule has 0 saturated heterocycles. The molecule has 0 aliphatic heterocycles. The van der Waals surface area contributed by atoms with E-state index in [9.17, 15) is 9.59 Å². The van der Waals surface area contributed by atoms with Crippen LogP contribution < -0.4 is 16.2 Å². The number of carbonyl (C=O) groups excluding carboxylic acids is 1. The van der Waals surface area contributed by atoms with Crippen LogP contribution in [-0.4, -0.2) is 29.3 Å². The van der Waals surface area contributed by atoms with E-state index in [0.717, 1.165) is 12.0 Å². The fourth-order valence-corrected chi connectivity index (χ4v) is 2.49. The molecule has 0 aliphatic rings. The molecule has 2 N–H and O–H groups in total. The van der Waals surface area contributed by atoms with E-state index in [1.165, 1.54) is 4.68 Å².